The number of hydrogen-bond acceptors (Lipinski definition) is 3. The minimum atomic E-state index is -0.0944. The third-order valence-corrected chi connectivity index (χ3v) is 4.85. The summed E-state index contributed by atoms with van der Waals surface area (Å²) in [7, 11) is 0. The summed E-state index contributed by atoms with van der Waals surface area (Å²) in [5.41, 5.74) is 2.58. The van der Waals surface area contributed by atoms with Crippen LogP contribution in [0.15, 0.2) is 66.7 Å². The Balaban J connectivity index is 1.79. The minimum Gasteiger partial charge on any atom is -0.383 e. The number of carbonyl (C=O) groups is 1. The van der Waals surface area contributed by atoms with Crippen LogP contribution >= 0.6 is 0 Å². The van der Waals surface area contributed by atoms with E-state index in [9.17, 15) is 4.79 Å². The number of carbonyl (C=O) groups excluding carboxylic acids is 1. The Morgan fingerprint density at radius 3 is 2.07 bits per heavy atom. The first kappa shape index (κ1) is 18.9. The van der Waals surface area contributed by atoms with Crippen LogP contribution < -0.4 is 10.6 Å². The Morgan fingerprint density at radius 1 is 0.815 bits per heavy atom. The molecule has 0 radical (unpaired) electrons. The van der Waals surface area contributed by atoms with Crippen LogP contribution in [0.3, 0.4) is 0 Å². The molecule has 4 nitrogen and oxygen atoms in total. The van der Waals surface area contributed by atoms with Crippen molar-refractivity contribution in [3.05, 3.63) is 72.3 Å². The first-order valence-corrected chi connectivity index (χ1v) is 9.57. The fraction of sp³-hybridized carbons (Fsp3) is 0.261. The molecule has 0 atom stereocenters. The lowest BCUT2D eigenvalue weighted by atomic mass is 10.1. The summed E-state index contributed by atoms with van der Waals surface area (Å²) < 4.78 is 0. The zero-order chi connectivity index (χ0) is 19.1. The van der Waals surface area contributed by atoms with Crippen molar-refractivity contribution in [3.8, 4) is 0 Å². The van der Waals surface area contributed by atoms with Crippen LogP contribution in [0.5, 0.6) is 0 Å². The van der Waals surface area contributed by atoms with Crippen molar-refractivity contribution in [2.45, 2.75) is 13.8 Å². The zero-order valence-corrected chi connectivity index (χ0v) is 16.0. The van der Waals surface area contributed by atoms with Crippen molar-refractivity contribution in [2.24, 2.45) is 0 Å². The van der Waals surface area contributed by atoms with Crippen molar-refractivity contribution in [2.75, 3.05) is 36.8 Å². The average Bonchev–Trinajstić information content (AvgIpc) is 2.73. The second-order valence-corrected chi connectivity index (χ2v) is 6.48. The number of likely N-dealkylation sites (N-methyl/N-ethyl adjacent to an activating group) is 1. The lowest BCUT2D eigenvalue weighted by Gasteiger charge is -2.19. The molecule has 0 fully saturated rings. The predicted octanol–water partition coefficient (Wildman–Crippen LogP) is 4.85. The van der Waals surface area contributed by atoms with Gasteiger partial charge in [-0.2, -0.15) is 0 Å². The van der Waals surface area contributed by atoms with Crippen molar-refractivity contribution in [1.82, 2.24) is 4.90 Å². The van der Waals surface area contributed by atoms with Crippen LogP contribution in [-0.4, -0.2) is 37.0 Å². The summed E-state index contributed by atoms with van der Waals surface area (Å²) in [4.78, 5) is 14.9. The molecule has 0 aliphatic heterocycles. The number of anilines is 2. The molecule has 0 bridgehead atoms. The van der Waals surface area contributed by atoms with Crippen LogP contribution in [0.25, 0.3) is 10.8 Å². The normalized spacial score (nSPS) is 10.9. The number of fused-ring (bicyclic) bond motifs is 1. The first-order chi connectivity index (χ1) is 13.2. The Labute approximate surface area is 161 Å². The lowest BCUT2D eigenvalue weighted by molar-refractivity contribution is 0.102. The fourth-order valence-electron chi connectivity index (χ4n) is 3.23. The van der Waals surface area contributed by atoms with Gasteiger partial charge in [0.25, 0.3) is 5.91 Å². The lowest BCUT2D eigenvalue weighted by Crippen LogP contribution is -2.28. The van der Waals surface area contributed by atoms with Crippen LogP contribution in [0.1, 0.15) is 24.2 Å². The Kier molecular flexibility index (Phi) is 6.44. The van der Waals surface area contributed by atoms with E-state index in [0.717, 1.165) is 48.3 Å². The van der Waals surface area contributed by atoms with Crippen LogP contribution in [-0.2, 0) is 0 Å². The van der Waals surface area contributed by atoms with Gasteiger partial charge in [0.2, 0.25) is 0 Å². The molecule has 0 unspecified atom stereocenters. The van der Waals surface area contributed by atoms with E-state index in [1.807, 2.05) is 60.7 Å². The highest BCUT2D eigenvalue weighted by Gasteiger charge is 2.10. The molecule has 27 heavy (non-hydrogen) atoms. The van der Waals surface area contributed by atoms with Gasteiger partial charge in [0.1, 0.15) is 0 Å². The van der Waals surface area contributed by atoms with Crippen molar-refractivity contribution in [1.29, 1.82) is 0 Å². The van der Waals surface area contributed by atoms with Gasteiger partial charge in [-0.1, -0.05) is 56.3 Å². The van der Waals surface area contributed by atoms with E-state index in [1.165, 1.54) is 0 Å². The SMILES string of the molecule is CCN(CC)CCNc1ccc(NC(=O)c2ccccc2)c2ccccc12. The molecule has 0 saturated heterocycles. The van der Waals surface area contributed by atoms with Crippen molar-refractivity contribution in [3.63, 3.8) is 0 Å². The van der Waals surface area contributed by atoms with Crippen molar-refractivity contribution >= 4 is 28.1 Å². The van der Waals surface area contributed by atoms with Gasteiger partial charge in [-0.3, -0.25) is 4.79 Å². The largest absolute Gasteiger partial charge is 0.383 e. The molecule has 140 valence electrons. The highest BCUT2D eigenvalue weighted by molar-refractivity contribution is 6.11. The summed E-state index contributed by atoms with van der Waals surface area (Å²) in [6.45, 7) is 8.38. The topological polar surface area (TPSA) is 44.4 Å². The van der Waals surface area contributed by atoms with Gasteiger partial charge in [0.05, 0.1) is 0 Å². The standard InChI is InChI=1S/C23H27N3O/c1-3-26(4-2)17-16-24-21-14-15-22(20-13-9-8-12-19(20)21)25-23(27)18-10-6-5-7-11-18/h5-15,24H,3-4,16-17H2,1-2H3,(H,25,27). The summed E-state index contributed by atoms with van der Waals surface area (Å²) in [5.74, 6) is -0.0944. The molecule has 0 heterocycles. The Hall–Kier alpha value is -2.85. The minimum absolute atomic E-state index is 0.0944. The Morgan fingerprint density at radius 2 is 1.41 bits per heavy atom. The second kappa shape index (κ2) is 9.19. The molecule has 0 spiro atoms. The summed E-state index contributed by atoms with van der Waals surface area (Å²) in [6, 6.07) is 21.5. The maximum absolute atomic E-state index is 12.5. The van der Waals surface area contributed by atoms with Crippen molar-refractivity contribution < 1.29 is 4.79 Å². The monoisotopic (exact) mass is 361 g/mol. The van der Waals surface area contributed by atoms with Gasteiger partial charge in [-0.05, 0) is 37.4 Å². The van der Waals surface area contributed by atoms with E-state index < -0.39 is 0 Å². The van der Waals surface area contributed by atoms with E-state index in [2.05, 4.69) is 35.4 Å². The average molecular weight is 361 g/mol. The molecule has 0 saturated carbocycles. The second-order valence-electron chi connectivity index (χ2n) is 6.48. The van der Waals surface area contributed by atoms with Crippen LogP contribution in [0.4, 0.5) is 11.4 Å². The molecule has 2 N–H and O–H groups in total. The molecule has 0 aromatic heterocycles. The van der Waals surface area contributed by atoms with Gasteiger partial charge in [0, 0.05) is 40.8 Å². The van der Waals surface area contributed by atoms with Gasteiger partial charge in [0.15, 0.2) is 0 Å². The van der Waals surface area contributed by atoms with E-state index in [1.54, 1.807) is 0 Å². The predicted molar refractivity (Wildman–Crippen MR) is 115 cm³/mol. The maximum atomic E-state index is 12.5. The van der Waals surface area contributed by atoms with Gasteiger partial charge in [-0.25, -0.2) is 0 Å². The third kappa shape index (κ3) is 4.66. The van der Waals surface area contributed by atoms with E-state index in [-0.39, 0.29) is 5.91 Å². The molecule has 4 heteroatoms. The van der Waals surface area contributed by atoms with Gasteiger partial charge in [-0.15, -0.1) is 0 Å². The number of benzene rings is 3. The number of rotatable bonds is 8. The number of nitrogens with one attached hydrogen (secondary N) is 2. The fourth-order valence-corrected chi connectivity index (χ4v) is 3.23. The first-order valence-electron chi connectivity index (χ1n) is 9.57. The number of amides is 1. The van der Waals surface area contributed by atoms with E-state index in [0.29, 0.717) is 5.56 Å². The molecular weight excluding hydrogens is 334 g/mol. The van der Waals surface area contributed by atoms with Gasteiger partial charge >= 0.3 is 0 Å². The molecule has 1 amide bonds. The van der Waals surface area contributed by atoms with E-state index in [4.69, 9.17) is 0 Å². The quantitative estimate of drug-likeness (QED) is 0.603. The zero-order valence-electron chi connectivity index (χ0n) is 16.0. The van der Waals surface area contributed by atoms with E-state index >= 15 is 0 Å². The molecule has 0 aliphatic carbocycles. The van der Waals surface area contributed by atoms with Crippen LogP contribution in [0, 0.1) is 0 Å². The maximum Gasteiger partial charge on any atom is 0.255 e. The molecule has 0 aliphatic rings. The highest BCUT2D eigenvalue weighted by atomic mass is 16.1. The highest BCUT2D eigenvalue weighted by Crippen LogP contribution is 2.30. The smallest absolute Gasteiger partial charge is 0.255 e. The van der Waals surface area contributed by atoms with Crippen LogP contribution in [0.2, 0.25) is 0 Å². The molecular formula is C23H27N3O. The molecule has 3 aromatic carbocycles. The molecule has 3 aromatic rings. The number of hydrogen-bond donors (Lipinski definition) is 2. The van der Waals surface area contributed by atoms with Gasteiger partial charge < -0.3 is 15.5 Å². The summed E-state index contributed by atoms with van der Waals surface area (Å²) in [5, 5.41) is 8.74. The molecule has 3 rings (SSSR count). The third-order valence-electron chi connectivity index (χ3n) is 4.85. The summed E-state index contributed by atoms with van der Waals surface area (Å²) in [6.07, 6.45) is 0. The Bertz CT molecular complexity index is 889. The number of nitrogens with zero attached hydrogens (tertiary/aromatic N) is 1. The summed E-state index contributed by atoms with van der Waals surface area (Å²) >= 11 is 0.